The Bertz CT molecular complexity index is 1940. The molecular formula is C34H30Cl2N4O4S. The lowest BCUT2D eigenvalue weighted by Crippen LogP contribution is -2.38. The lowest BCUT2D eigenvalue weighted by molar-refractivity contribution is 0.0690. The van der Waals surface area contributed by atoms with Gasteiger partial charge < -0.3 is 5.11 Å². The molecule has 7 rings (SSSR count). The van der Waals surface area contributed by atoms with Crippen molar-refractivity contribution in [1.82, 2.24) is 19.1 Å². The van der Waals surface area contributed by atoms with Crippen LogP contribution < -0.4 is 0 Å². The van der Waals surface area contributed by atoms with Gasteiger partial charge in [-0.1, -0.05) is 53.5 Å². The molecule has 2 aliphatic rings. The molecule has 0 radical (unpaired) electrons. The molecule has 2 fully saturated rings. The molecule has 3 aromatic carbocycles. The third-order valence-corrected chi connectivity index (χ3v) is 11.2. The lowest BCUT2D eigenvalue weighted by Gasteiger charge is -2.31. The topological polar surface area (TPSA) is 105 Å². The monoisotopic (exact) mass is 660 g/mol. The van der Waals surface area contributed by atoms with Crippen LogP contribution in [0.4, 0.5) is 0 Å². The molecular weight excluding hydrogens is 631 g/mol. The number of carboxylic acid groups (broad SMARTS) is 1. The summed E-state index contributed by atoms with van der Waals surface area (Å²) < 4.78 is 30.5. The predicted molar refractivity (Wildman–Crippen MR) is 174 cm³/mol. The standard InChI is InChI=1S/C34H30Cl2N4O4S/c35-25-6-1-21(2-7-25)32(22-3-8-26(36)9-4-22)24-5-13-30-29(19-24)33(40(38-30)27-10-11-27)23-15-17-39(18-16-23)45(43,44)28-12-14-31(34(41)42)37-20-28/h1-9,12-14,19-20,23,27,32H,10-11,15-18H2,(H,41,42). The first-order valence-electron chi connectivity index (χ1n) is 14.9. The number of piperidine rings is 1. The van der Waals surface area contributed by atoms with Crippen molar-refractivity contribution in [2.75, 3.05) is 13.1 Å². The van der Waals surface area contributed by atoms with Gasteiger partial charge in [0.05, 0.1) is 11.6 Å². The van der Waals surface area contributed by atoms with Crippen LogP contribution in [0.1, 0.15) is 76.4 Å². The molecule has 11 heteroatoms. The molecule has 0 spiro atoms. The van der Waals surface area contributed by atoms with Crippen LogP contribution in [0, 0.1) is 0 Å². The number of rotatable bonds is 8. The number of pyridine rings is 1. The number of aromatic carboxylic acids is 1. The van der Waals surface area contributed by atoms with Crippen molar-refractivity contribution < 1.29 is 18.3 Å². The largest absolute Gasteiger partial charge is 0.477 e. The van der Waals surface area contributed by atoms with Gasteiger partial charge in [0, 0.05) is 52.2 Å². The van der Waals surface area contributed by atoms with Crippen LogP contribution in [-0.4, -0.2) is 51.7 Å². The highest BCUT2D eigenvalue weighted by atomic mass is 35.5. The third-order valence-electron chi connectivity index (χ3n) is 8.83. The Morgan fingerprint density at radius 2 is 1.42 bits per heavy atom. The second-order valence-corrected chi connectivity index (χ2v) is 14.5. The van der Waals surface area contributed by atoms with Crippen molar-refractivity contribution in [2.24, 2.45) is 0 Å². The van der Waals surface area contributed by atoms with Crippen LogP contribution in [0.15, 0.2) is 90.0 Å². The molecule has 5 aromatic rings. The lowest BCUT2D eigenvalue weighted by atomic mass is 9.84. The fraction of sp³-hybridized carbons (Fsp3) is 0.265. The van der Waals surface area contributed by atoms with Gasteiger partial charge in [-0.15, -0.1) is 0 Å². The van der Waals surface area contributed by atoms with E-state index < -0.39 is 16.0 Å². The van der Waals surface area contributed by atoms with Crippen LogP contribution in [0.25, 0.3) is 10.9 Å². The van der Waals surface area contributed by atoms with Crippen molar-refractivity contribution in [3.8, 4) is 0 Å². The first kappa shape index (κ1) is 29.9. The highest BCUT2D eigenvalue weighted by molar-refractivity contribution is 7.89. The number of fused-ring (bicyclic) bond motifs is 1. The fourth-order valence-corrected chi connectivity index (χ4v) is 8.06. The van der Waals surface area contributed by atoms with E-state index in [0.717, 1.165) is 46.6 Å². The molecule has 0 unspecified atom stereocenters. The fourth-order valence-electron chi connectivity index (χ4n) is 6.39. The van der Waals surface area contributed by atoms with Gasteiger partial charge in [0.25, 0.3) is 0 Å². The third kappa shape index (κ3) is 5.86. The number of hydrogen-bond acceptors (Lipinski definition) is 5. The number of carbonyl (C=O) groups is 1. The van der Waals surface area contributed by atoms with E-state index >= 15 is 0 Å². The Kier molecular flexibility index (Phi) is 7.90. The SMILES string of the molecule is O=C(O)c1ccc(S(=O)(=O)N2CCC(c3c4cc(C(c5ccc(Cl)cc5)c5ccc(Cl)cc5)ccc4nn3C3CC3)CC2)cn1. The number of carboxylic acids is 1. The van der Waals surface area contributed by atoms with Crippen LogP contribution in [-0.2, 0) is 10.0 Å². The summed E-state index contributed by atoms with van der Waals surface area (Å²) in [4.78, 5) is 15.0. The van der Waals surface area contributed by atoms with Gasteiger partial charge >= 0.3 is 5.97 Å². The van der Waals surface area contributed by atoms with Gasteiger partial charge in [0.2, 0.25) is 10.0 Å². The molecule has 8 nitrogen and oxygen atoms in total. The molecule has 0 atom stereocenters. The Morgan fingerprint density at radius 3 is 1.96 bits per heavy atom. The molecule has 1 saturated carbocycles. The molecule has 1 aliphatic heterocycles. The van der Waals surface area contributed by atoms with E-state index in [2.05, 4.69) is 52.1 Å². The van der Waals surface area contributed by atoms with Gasteiger partial charge in [-0.2, -0.15) is 9.40 Å². The van der Waals surface area contributed by atoms with Crippen LogP contribution in [0.3, 0.4) is 0 Å². The molecule has 2 aromatic heterocycles. The molecule has 1 N–H and O–H groups in total. The number of halogens is 2. The summed E-state index contributed by atoms with van der Waals surface area (Å²) in [5, 5.41) is 16.6. The minimum Gasteiger partial charge on any atom is -0.477 e. The van der Waals surface area contributed by atoms with Crippen molar-refractivity contribution in [3.05, 3.63) is 123 Å². The van der Waals surface area contributed by atoms with Crippen molar-refractivity contribution in [3.63, 3.8) is 0 Å². The zero-order valence-electron chi connectivity index (χ0n) is 24.2. The summed E-state index contributed by atoms with van der Waals surface area (Å²) in [7, 11) is -3.80. The van der Waals surface area contributed by atoms with E-state index in [-0.39, 0.29) is 22.4 Å². The maximum absolute atomic E-state index is 13.4. The van der Waals surface area contributed by atoms with Crippen LogP contribution >= 0.6 is 23.2 Å². The highest BCUT2D eigenvalue weighted by Gasteiger charge is 2.36. The molecule has 230 valence electrons. The first-order chi connectivity index (χ1) is 21.7. The first-order valence-corrected chi connectivity index (χ1v) is 17.1. The van der Waals surface area contributed by atoms with Gasteiger partial charge in [-0.25, -0.2) is 18.2 Å². The number of sulfonamides is 1. The maximum Gasteiger partial charge on any atom is 0.354 e. The van der Waals surface area contributed by atoms with Gasteiger partial charge in [-0.3, -0.25) is 4.68 Å². The molecule has 0 bridgehead atoms. The average Bonchev–Trinajstić information content (AvgIpc) is 3.83. The maximum atomic E-state index is 13.4. The normalized spacial score (nSPS) is 16.4. The quantitative estimate of drug-likeness (QED) is 0.173. The summed E-state index contributed by atoms with van der Waals surface area (Å²) in [6, 6.07) is 25.3. The van der Waals surface area contributed by atoms with E-state index in [9.17, 15) is 13.2 Å². The summed E-state index contributed by atoms with van der Waals surface area (Å²) in [5.74, 6) is -1.11. The predicted octanol–water partition coefficient (Wildman–Crippen LogP) is 7.52. The van der Waals surface area contributed by atoms with E-state index in [0.29, 0.717) is 42.0 Å². The molecule has 0 amide bonds. The number of aromatic nitrogens is 3. The number of benzene rings is 3. The Balaban J connectivity index is 1.22. The van der Waals surface area contributed by atoms with Crippen LogP contribution in [0.5, 0.6) is 0 Å². The highest BCUT2D eigenvalue weighted by Crippen LogP contribution is 2.44. The van der Waals surface area contributed by atoms with E-state index in [1.807, 2.05) is 24.3 Å². The number of hydrogen-bond donors (Lipinski definition) is 1. The number of nitrogens with zero attached hydrogens (tertiary/aromatic N) is 4. The second-order valence-electron chi connectivity index (χ2n) is 11.7. The minimum atomic E-state index is -3.80. The Morgan fingerprint density at radius 1 is 0.822 bits per heavy atom. The Labute approximate surface area is 271 Å². The van der Waals surface area contributed by atoms with Crippen molar-refractivity contribution in [2.45, 2.75) is 48.5 Å². The van der Waals surface area contributed by atoms with E-state index in [1.165, 1.54) is 22.1 Å². The smallest absolute Gasteiger partial charge is 0.354 e. The zero-order valence-corrected chi connectivity index (χ0v) is 26.5. The molecule has 3 heterocycles. The van der Waals surface area contributed by atoms with Gasteiger partial charge in [-0.05, 0) is 90.9 Å². The minimum absolute atomic E-state index is 0.000459. The van der Waals surface area contributed by atoms with E-state index in [1.54, 1.807) is 0 Å². The summed E-state index contributed by atoms with van der Waals surface area (Å²) in [6.07, 6.45) is 4.59. The summed E-state index contributed by atoms with van der Waals surface area (Å²) in [5.41, 5.74) is 5.27. The van der Waals surface area contributed by atoms with Crippen molar-refractivity contribution in [1.29, 1.82) is 0 Å². The zero-order chi connectivity index (χ0) is 31.3. The molecule has 1 saturated heterocycles. The Hall–Kier alpha value is -3.76. The van der Waals surface area contributed by atoms with Gasteiger partial charge in [0.15, 0.2) is 0 Å². The summed E-state index contributed by atoms with van der Waals surface area (Å²) >= 11 is 12.5. The van der Waals surface area contributed by atoms with Gasteiger partial charge in [0.1, 0.15) is 10.6 Å². The van der Waals surface area contributed by atoms with Crippen molar-refractivity contribution >= 4 is 50.1 Å². The molecule has 45 heavy (non-hydrogen) atoms. The second kappa shape index (κ2) is 11.9. The molecule has 1 aliphatic carbocycles. The van der Waals surface area contributed by atoms with E-state index in [4.69, 9.17) is 33.4 Å². The summed E-state index contributed by atoms with van der Waals surface area (Å²) in [6.45, 7) is 0.700. The average molecular weight is 662 g/mol. The van der Waals surface area contributed by atoms with Crippen LogP contribution in [0.2, 0.25) is 10.0 Å².